The quantitative estimate of drug-likeness (QED) is 0.854. The maximum atomic E-state index is 12.4. The van der Waals surface area contributed by atoms with Crippen LogP contribution in [0.2, 0.25) is 5.02 Å². The second-order valence-corrected chi connectivity index (χ2v) is 6.02. The SMILES string of the molecule is CCN(CC)C(=O)C1CCN(C(=O)c2cccc(Cl)c2)CC1. The van der Waals surface area contributed by atoms with Gasteiger partial charge in [0.2, 0.25) is 5.91 Å². The predicted molar refractivity (Wildman–Crippen MR) is 88.0 cm³/mol. The molecule has 0 unspecified atom stereocenters. The standard InChI is InChI=1S/C17H23ClN2O2/c1-3-19(4-2)16(21)13-8-10-20(11-9-13)17(22)14-6-5-7-15(18)12-14/h5-7,12-13H,3-4,8-11H2,1-2H3. The van der Waals surface area contributed by atoms with Gasteiger partial charge < -0.3 is 9.80 Å². The summed E-state index contributed by atoms with van der Waals surface area (Å²) >= 11 is 5.94. The molecule has 2 amide bonds. The van der Waals surface area contributed by atoms with Crippen LogP contribution in [0.5, 0.6) is 0 Å². The van der Waals surface area contributed by atoms with Crippen LogP contribution in [-0.2, 0) is 4.79 Å². The van der Waals surface area contributed by atoms with Gasteiger partial charge in [0, 0.05) is 42.7 Å². The van der Waals surface area contributed by atoms with Gasteiger partial charge in [-0.05, 0) is 44.9 Å². The van der Waals surface area contributed by atoms with Crippen LogP contribution in [0.3, 0.4) is 0 Å². The highest BCUT2D eigenvalue weighted by Gasteiger charge is 2.29. The first kappa shape index (κ1) is 16.8. The maximum Gasteiger partial charge on any atom is 0.253 e. The molecule has 1 heterocycles. The van der Waals surface area contributed by atoms with E-state index in [9.17, 15) is 9.59 Å². The van der Waals surface area contributed by atoms with Gasteiger partial charge in [-0.2, -0.15) is 0 Å². The number of hydrogen-bond donors (Lipinski definition) is 0. The Morgan fingerprint density at radius 3 is 2.41 bits per heavy atom. The van der Waals surface area contributed by atoms with E-state index in [0.29, 0.717) is 23.7 Å². The molecule has 0 aliphatic carbocycles. The first-order valence-corrected chi connectivity index (χ1v) is 8.28. The van der Waals surface area contributed by atoms with Crippen LogP contribution >= 0.6 is 11.6 Å². The largest absolute Gasteiger partial charge is 0.343 e. The Labute approximate surface area is 137 Å². The molecule has 1 aromatic carbocycles. The lowest BCUT2D eigenvalue weighted by molar-refractivity contribution is -0.136. The molecule has 1 aliphatic heterocycles. The summed E-state index contributed by atoms with van der Waals surface area (Å²) in [6.45, 7) is 6.75. The van der Waals surface area contributed by atoms with E-state index < -0.39 is 0 Å². The molecule has 0 aromatic heterocycles. The number of benzene rings is 1. The van der Waals surface area contributed by atoms with Gasteiger partial charge in [-0.25, -0.2) is 0 Å². The Morgan fingerprint density at radius 2 is 1.86 bits per heavy atom. The molecule has 4 nitrogen and oxygen atoms in total. The highest BCUT2D eigenvalue weighted by atomic mass is 35.5. The number of rotatable bonds is 4. The summed E-state index contributed by atoms with van der Waals surface area (Å²) in [5, 5.41) is 0.567. The van der Waals surface area contributed by atoms with Gasteiger partial charge in [0.05, 0.1) is 0 Å². The smallest absolute Gasteiger partial charge is 0.253 e. The fourth-order valence-corrected chi connectivity index (χ4v) is 3.12. The van der Waals surface area contributed by atoms with Crippen molar-refractivity contribution in [3.8, 4) is 0 Å². The van der Waals surface area contributed by atoms with Crippen molar-refractivity contribution in [2.75, 3.05) is 26.2 Å². The molecular weight excluding hydrogens is 300 g/mol. The van der Waals surface area contributed by atoms with Crippen molar-refractivity contribution < 1.29 is 9.59 Å². The van der Waals surface area contributed by atoms with E-state index in [2.05, 4.69) is 0 Å². The number of likely N-dealkylation sites (tertiary alicyclic amines) is 1. The second-order valence-electron chi connectivity index (χ2n) is 5.59. The van der Waals surface area contributed by atoms with Crippen molar-refractivity contribution >= 4 is 23.4 Å². The molecule has 5 heteroatoms. The Bertz CT molecular complexity index is 535. The number of halogens is 1. The first-order valence-electron chi connectivity index (χ1n) is 7.90. The number of hydrogen-bond acceptors (Lipinski definition) is 2. The molecule has 1 aliphatic rings. The van der Waals surface area contributed by atoms with Gasteiger partial charge in [0.15, 0.2) is 0 Å². The molecule has 0 bridgehead atoms. The number of carbonyl (C=O) groups excluding carboxylic acids is 2. The van der Waals surface area contributed by atoms with Crippen LogP contribution in [0, 0.1) is 5.92 Å². The van der Waals surface area contributed by atoms with Crippen LogP contribution < -0.4 is 0 Å². The zero-order chi connectivity index (χ0) is 16.1. The fourth-order valence-electron chi connectivity index (χ4n) is 2.93. The Balaban J connectivity index is 1.94. The summed E-state index contributed by atoms with van der Waals surface area (Å²) in [6.07, 6.45) is 1.48. The summed E-state index contributed by atoms with van der Waals surface area (Å²) in [6, 6.07) is 7.01. The summed E-state index contributed by atoms with van der Waals surface area (Å²) in [5.74, 6) is 0.263. The third-order valence-electron chi connectivity index (χ3n) is 4.28. The lowest BCUT2D eigenvalue weighted by Gasteiger charge is -2.33. The van der Waals surface area contributed by atoms with E-state index in [0.717, 1.165) is 25.9 Å². The van der Waals surface area contributed by atoms with E-state index >= 15 is 0 Å². The van der Waals surface area contributed by atoms with E-state index in [4.69, 9.17) is 11.6 Å². The Kier molecular flexibility index (Phi) is 5.83. The molecular formula is C17H23ClN2O2. The number of piperidine rings is 1. The lowest BCUT2D eigenvalue weighted by atomic mass is 9.94. The normalized spacial score (nSPS) is 15.7. The zero-order valence-electron chi connectivity index (χ0n) is 13.2. The fraction of sp³-hybridized carbons (Fsp3) is 0.529. The minimum Gasteiger partial charge on any atom is -0.343 e. The van der Waals surface area contributed by atoms with Crippen LogP contribution in [0.15, 0.2) is 24.3 Å². The van der Waals surface area contributed by atoms with E-state index in [1.54, 1.807) is 24.3 Å². The maximum absolute atomic E-state index is 12.4. The zero-order valence-corrected chi connectivity index (χ0v) is 14.0. The van der Waals surface area contributed by atoms with Crippen molar-refractivity contribution in [3.05, 3.63) is 34.9 Å². The van der Waals surface area contributed by atoms with Gasteiger partial charge in [0.1, 0.15) is 0 Å². The summed E-state index contributed by atoms with van der Waals surface area (Å²) in [7, 11) is 0. The highest BCUT2D eigenvalue weighted by molar-refractivity contribution is 6.30. The Morgan fingerprint density at radius 1 is 1.23 bits per heavy atom. The molecule has 0 N–H and O–H groups in total. The molecule has 0 spiro atoms. The Hall–Kier alpha value is -1.55. The summed E-state index contributed by atoms with van der Waals surface area (Å²) in [5.41, 5.74) is 0.612. The van der Waals surface area contributed by atoms with Crippen molar-refractivity contribution in [3.63, 3.8) is 0 Å². The minimum atomic E-state index is -0.00348. The summed E-state index contributed by atoms with van der Waals surface area (Å²) in [4.78, 5) is 28.5. The molecule has 1 saturated heterocycles. The van der Waals surface area contributed by atoms with Crippen LogP contribution in [0.25, 0.3) is 0 Å². The second kappa shape index (κ2) is 7.63. The third-order valence-corrected chi connectivity index (χ3v) is 4.51. The minimum absolute atomic E-state index is 0.00348. The van der Waals surface area contributed by atoms with Gasteiger partial charge in [-0.15, -0.1) is 0 Å². The average molecular weight is 323 g/mol. The van der Waals surface area contributed by atoms with Crippen molar-refractivity contribution in [2.45, 2.75) is 26.7 Å². The predicted octanol–water partition coefficient (Wildman–Crippen LogP) is 3.06. The topological polar surface area (TPSA) is 40.6 Å². The third kappa shape index (κ3) is 3.80. The monoisotopic (exact) mass is 322 g/mol. The van der Waals surface area contributed by atoms with E-state index in [1.807, 2.05) is 23.6 Å². The first-order chi connectivity index (χ1) is 10.6. The van der Waals surface area contributed by atoms with Gasteiger partial charge >= 0.3 is 0 Å². The number of nitrogens with zero attached hydrogens (tertiary/aromatic N) is 2. The van der Waals surface area contributed by atoms with Crippen molar-refractivity contribution in [2.24, 2.45) is 5.92 Å². The molecule has 1 fully saturated rings. The van der Waals surface area contributed by atoms with E-state index in [-0.39, 0.29) is 17.7 Å². The van der Waals surface area contributed by atoms with E-state index in [1.165, 1.54) is 0 Å². The van der Waals surface area contributed by atoms with Gasteiger partial charge in [-0.1, -0.05) is 17.7 Å². The average Bonchev–Trinajstić information content (AvgIpc) is 2.55. The molecule has 0 atom stereocenters. The lowest BCUT2D eigenvalue weighted by Crippen LogP contribution is -2.44. The van der Waals surface area contributed by atoms with Crippen molar-refractivity contribution in [1.29, 1.82) is 0 Å². The highest BCUT2D eigenvalue weighted by Crippen LogP contribution is 2.22. The van der Waals surface area contributed by atoms with Gasteiger partial charge in [-0.3, -0.25) is 9.59 Å². The molecule has 1 aromatic rings. The van der Waals surface area contributed by atoms with Crippen LogP contribution in [-0.4, -0.2) is 47.8 Å². The summed E-state index contributed by atoms with van der Waals surface area (Å²) < 4.78 is 0. The van der Waals surface area contributed by atoms with Crippen LogP contribution in [0.1, 0.15) is 37.0 Å². The van der Waals surface area contributed by atoms with Crippen molar-refractivity contribution in [1.82, 2.24) is 9.80 Å². The number of amides is 2. The molecule has 0 saturated carbocycles. The molecule has 0 radical (unpaired) electrons. The molecule has 120 valence electrons. The molecule has 22 heavy (non-hydrogen) atoms. The van der Waals surface area contributed by atoms with Crippen LogP contribution in [0.4, 0.5) is 0 Å². The van der Waals surface area contributed by atoms with Gasteiger partial charge in [0.25, 0.3) is 5.91 Å². The molecule has 2 rings (SSSR count). The number of carbonyl (C=O) groups is 2.